The van der Waals surface area contributed by atoms with Crippen molar-refractivity contribution in [3.8, 4) is 6.07 Å². The van der Waals surface area contributed by atoms with Crippen LogP contribution in [-0.4, -0.2) is 37.6 Å². The molecule has 0 aromatic heterocycles. The summed E-state index contributed by atoms with van der Waals surface area (Å²) in [5, 5.41) is 9.84. The van der Waals surface area contributed by atoms with Crippen molar-refractivity contribution in [2.24, 2.45) is 5.41 Å². The van der Waals surface area contributed by atoms with Crippen LogP contribution in [0.4, 0.5) is 5.69 Å². The molecule has 0 aliphatic carbocycles. The lowest BCUT2D eigenvalue weighted by molar-refractivity contribution is -0.144. The van der Waals surface area contributed by atoms with Gasteiger partial charge in [0.1, 0.15) is 6.07 Å². The van der Waals surface area contributed by atoms with Crippen molar-refractivity contribution in [1.29, 1.82) is 5.26 Å². The second-order valence-corrected chi connectivity index (χ2v) is 7.52. The lowest BCUT2D eigenvalue weighted by atomic mass is 9.79. The van der Waals surface area contributed by atoms with Gasteiger partial charge < -0.3 is 4.90 Å². The first kappa shape index (κ1) is 18.9. The van der Waals surface area contributed by atoms with Gasteiger partial charge in [-0.3, -0.25) is 9.63 Å². The van der Waals surface area contributed by atoms with E-state index in [9.17, 15) is 10.1 Å². The number of benzene rings is 1. The Hall–Kier alpha value is -1.42. The van der Waals surface area contributed by atoms with Crippen molar-refractivity contribution < 1.29 is 9.63 Å². The lowest BCUT2D eigenvalue weighted by Crippen LogP contribution is -2.47. The predicted molar refractivity (Wildman–Crippen MR) is 98.2 cm³/mol. The molecule has 1 aliphatic rings. The molecule has 0 spiro atoms. The van der Waals surface area contributed by atoms with Crippen LogP contribution in [-0.2, 0) is 9.63 Å². The summed E-state index contributed by atoms with van der Waals surface area (Å²) < 4.78 is 0. The summed E-state index contributed by atoms with van der Waals surface area (Å²) in [7, 11) is 0. The van der Waals surface area contributed by atoms with Crippen molar-refractivity contribution in [2.75, 3.05) is 36.6 Å². The van der Waals surface area contributed by atoms with Crippen LogP contribution < -0.4 is 10.4 Å². The highest BCUT2D eigenvalue weighted by atomic mass is 35.5. The first-order chi connectivity index (χ1) is 11.5. The molecule has 1 aromatic carbocycles. The molecular formula is C17H22ClN3O2S. The van der Waals surface area contributed by atoms with Gasteiger partial charge in [-0.25, -0.2) is 5.48 Å². The number of thioether (sulfide) groups is 1. The molecule has 1 amide bonds. The van der Waals surface area contributed by atoms with E-state index in [-0.39, 0.29) is 5.91 Å². The van der Waals surface area contributed by atoms with E-state index in [1.807, 2.05) is 19.2 Å². The molecule has 1 aromatic rings. The van der Waals surface area contributed by atoms with Crippen LogP contribution in [0.2, 0.25) is 5.02 Å². The normalized spacial score (nSPS) is 16.5. The summed E-state index contributed by atoms with van der Waals surface area (Å²) in [5.74, 6) is 0.776. The average molecular weight is 368 g/mol. The fraction of sp³-hybridized carbons (Fsp3) is 0.529. The molecule has 7 heteroatoms. The fourth-order valence-corrected chi connectivity index (χ4v) is 3.13. The van der Waals surface area contributed by atoms with E-state index in [1.165, 1.54) is 0 Å². The number of piperidine rings is 1. The molecule has 0 saturated carbocycles. The molecule has 1 fully saturated rings. The number of carbonyl (C=O) groups excluding carboxylic acids is 1. The Morgan fingerprint density at radius 3 is 2.83 bits per heavy atom. The average Bonchev–Trinajstić information content (AvgIpc) is 2.59. The van der Waals surface area contributed by atoms with Gasteiger partial charge in [0.15, 0.2) is 0 Å². The molecule has 1 heterocycles. The topological polar surface area (TPSA) is 65.4 Å². The molecule has 0 bridgehead atoms. The number of nitrogens with one attached hydrogen (secondary N) is 1. The molecule has 24 heavy (non-hydrogen) atoms. The Morgan fingerprint density at radius 2 is 2.21 bits per heavy atom. The van der Waals surface area contributed by atoms with Crippen LogP contribution in [0.1, 0.15) is 25.3 Å². The van der Waals surface area contributed by atoms with Crippen molar-refractivity contribution >= 4 is 35.0 Å². The summed E-state index contributed by atoms with van der Waals surface area (Å²) >= 11 is 7.63. The second-order valence-electron chi connectivity index (χ2n) is 6.09. The number of halogens is 1. The minimum Gasteiger partial charge on any atom is -0.370 e. The van der Waals surface area contributed by atoms with Gasteiger partial charge in [0, 0.05) is 23.9 Å². The first-order valence-corrected chi connectivity index (χ1v) is 9.63. The summed E-state index contributed by atoms with van der Waals surface area (Å²) in [6.07, 6.45) is 3.41. The van der Waals surface area contributed by atoms with Gasteiger partial charge in [-0.05, 0) is 37.3 Å². The number of rotatable bonds is 6. The fourth-order valence-electron chi connectivity index (χ4n) is 2.71. The summed E-state index contributed by atoms with van der Waals surface area (Å²) in [6.45, 7) is 3.90. The molecular weight excluding hydrogens is 346 g/mol. The number of hydrogen-bond acceptors (Lipinski definition) is 5. The third-order valence-electron chi connectivity index (χ3n) is 4.39. The molecule has 1 N–H and O–H groups in total. The number of amides is 1. The van der Waals surface area contributed by atoms with Crippen LogP contribution in [0.15, 0.2) is 18.2 Å². The minimum absolute atomic E-state index is 0.0696. The Kier molecular flexibility index (Phi) is 6.79. The smallest absolute Gasteiger partial charge is 0.249 e. The van der Waals surface area contributed by atoms with E-state index in [4.69, 9.17) is 16.4 Å². The number of hydrogen-bond donors (Lipinski definition) is 1. The Balaban J connectivity index is 1.95. The summed E-state index contributed by atoms with van der Waals surface area (Å²) in [4.78, 5) is 19.7. The maximum absolute atomic E-state index is 12.4. The first-order valence-electron chi connectivity index (χ1n) is 7.86. The van der Waals surface area contributed by atoms with Crippen LogP contribution in [0, 0.1) is 16.7 Å². The Morgan fingerprint density at radius 1 is 1.50 bits per heavy atom. The molecule has 130 valence electrons. The third kappa shape index (κ3) is 4.56. The number of anilines is 1. The highest BCUT2D eigenvalue weighted by molar-refractivity contribution is 7.98. The van der Waals surface area contributed by atoms with Crippen LogP contribution >= 0.6 is 23.4 Å². The largest absolute Gasteiger partial charge is 0.370 e. The van der Waals surface area contributed by atoms with Crippen molar-refractivity contribution in [2.45, 2.75) is 19.8 Å². The van der Waals surface area contributed by atoms with Crippen LogP contribution in [0.3, 0.4) is 0 Å². The molecule has 1 aliphatic heterocycles. The Bertz CT molecular complexity index is 625. The highest BCUT2D eigenvalue weighted by Gasteiger charge is 2.37. The molecule has 2 rings (SSSR count). The molecule has 1 saturated heterocycles. The zero-order valence-corrected chi connectivity index (χ0v) is 15.5. The van der Waals surface area contributed by atoms with Gasteiger partial charge in [-0.2, -0.15) is 17.0 Å². The maximum atomic E-state index is 12.4. The molecule has 0 radical (unpaired) electrons. The van der Waals surface area contributed by atoms with Crippen molar-refractivity contribution in [3.63, 3.8) is 0 Å². The SMILES string of the molecule is CSCCONC(=O)C1(C)CCN(c2ccc(Cl)cc2C#N)CC1. The molecule has 5 nitrogen and oxygen atoms in total. The number of nitriles is 1. The quantitative estimate of drug-likeness (QED) is 0.617. The van der Waals surface area contributed by atoms with E-state index in [0.29, 0.717) is 43.1 Å². The number of carbonyl (C=O) groups is 1. The third-order valence-corrected chi connectivity index (χ3v) is 5.20. The molecule has 0 unspecified atom stereocenters. The van der Waals surface area contributed by atoms with E-state index in [0.717, 1.165) is 11.4 Å². The van der Waals surface area contributed by atoms with Crippen molar-refractivity contribution in [1.82, 2.24) is 5.48 Å². The maximum Gasteiger partial charge on any atom is 0.249 e. The van der Waals surface area contributed by atoms with E-state index >= 15 is 0 Å². The highest BCUT2D eigenvalue weighted by Crippen LogP contribution is 2.34. The number of nitrogens with zero attached hydrogens (tertiary/aromatic N) is 2. The van der Waals surface area contributed by atoms with Crippen LogP contribution in [0.25, 0.3) is 0 Å². The van der Waals surface area contributed by atoms with Gasteiger partial charge >= 0.3 is 0 Å². The number of hydroxylamine groups is 1. The van der Waals surface area contributed by atoms with Gasteiger partial charge in [0.25, 0.3) is 0 Å². The second kappa shape index (κ2) is 8.61. The van der Waals surface area contributed by atoms with Gasteiger partial charge in [-0.1, -0.05) is 18.5 Å². The van der Waals surface area contributed by atoms with Crippen molar-refractivity contribution in [3.05, 3.63) is 28.8 Å². The summed E-state index contributed by atoms with van der Waals surface area (Å²) in [6, 6.07) is 7.53. The standard InChI is InChI=1S/C17H22ClN3O2S/c1-17(16(22)20-23-9-10-24-2)5-7-21(8-6-17)15-4-3-14(18)11-13(15)12-19/h3-4,11H,5-10H2,1-2H3,(H,20,22). The van der Waals surface area contributed by atoms with Gasteiger partial charge in [0.2, 0.25) is 5.91 Å². The Labute approximate surface area is 152 Å². The molecule has 0 atom stereocenters. The lowest BCUT2D eigenvalue weighted by Gasteiger charge is -2.39. The predicted octanol–water partition coefficient (Wildman–Crippen LogP) is 3.23. The van der Waals surface area contributed by atoms with E-state index in [2.05, 4.69) is 16.4 Å². The minimum atomic E-state index is -0.449. The zero-order chi connectivity index (χ0) is 17.6. The summed E-state index contributed by atoms with van der Waals surface area (Å²) in [5.41, 5.74) is 3.56. The van der Waals surface area contributed by atoms with E-state index < -0.39 is 5.41 Å². The van der Waals surface area contributed by atoms with Crippen LogP contribution in [0.5, 0.6) is 0 Å². The zero-order valence-electron chi connectivity index (χ0n) is 14.0. The van der Waals surface area contributed by atoms with Gasteiger partial charge in [-0.15, -0.1) is 0 Å². The van der Waals surface area contributed by atoms with E-state index in [1.54, 1.807) is 23.9 Å². The van der Waals surface area contributed by atoms with Gasteiger partial charge in [0.05, 0.1) is 23.3 Å². The monoisotopic (exact) mass is 367 g/mol.